The van der Waals surface area contributed by atoms with Crippen molar-refractivity contribution in [1.82, 2.24) is 10.2 Å². The van der Waals surface area contributed by atoms with E-state index in [4.69, 9.17) is 16.0 Å². The number of nitrogens with one attached hydrogen (secondary N) is 1. The lowest BCUT2D eigenvalue weighted by Crippen LogP contribution is -2.39. The van der Waals surface area contributed by atoms with Gasteiger partial charge in [0, 0.05) is 11.6 Å². The first-order valence-electron chi connectivity index (χ1n) is 9.01. The van der Waals surface area contributed by atoms with E-state index in [9.17, 15) is 4.79 Å². The molecule has 0 spiro atoms. The third-order valence-electron chi connectivity index (χ3n) is 4.72. The molecule has 0 radical (unpaired) electrons. The molecule has 1 saturated heterocycles. The summed E-state index contributed by atoms with van der Waals surface area (Å²) in [6.45, 7) is 2.68. The maximum atomic E-state index is 12.3. The molecule has 134 valence electrons. The van der Waals surface area contributed by atoms with Gasteiger partial charge in [-0.25, -0.2) is 0 Å². The molecule has 1 unspecified atom stereocenters. The molecule has 1 fully saturated rings. The Morgan fingerprint density at radius 1 is 1.12 bits per heavy atom. The van der Waals surface area contributed by atoms with Gasteiger partial charge in [0.2, 0.25) is 5.91 Å². The van der Waals surface area contributed by atoms with Crippen molar-refractivity contribution in [2.24, 2.45) is 0 Å². The zero-order valence-electron chi connectivity index (χ0n) is 14.4. The van der Waals surface area contributed by atoms with Crippen molar-refractivity contribution in [3.05, 3.63) is 59.0 Å². The van der Waals surface area contributed by atoms with Gasteiger partial charge in [-0.05, 0) is 55.8 Å². The predicted molar refractivity (Wildman–Crippen MR) is 99.7 cm³/mol. The van der Waals surface area contributed by atoms with Crippen molar-refractivity contribution in [3.63, 3.8) is 0 Å². The van der Waals surface area contributed by atoms with E-state index in [1.807, 2.05) is 36.4 Å². The Labute approximate surface area is 154 Å². The fourth-order valence-corrected chi connectivity index (χ4v) is 3.48. The molecule has 25 heavy (non-hydrogen) atoms. The zero-order chi connectivity index (χ0) is 17.5. The summed E-state index contributed by atoms with van der Waals surface area (Å²) < 4.78 is 5.65. The molecule has 1 amide bonds. The van der Waals surface area contributed by atoms with Crippen LogP contribution in [0.5, 0.6) is 0 Å². The number of hydrogen-bond donors (Lipinski definition) is 1. The number of halogens is 1. The molecule has 2 heterocycles. The van der Waals surface area contributed by atoms with Crippen molar-refractivity contribution >= 4 is 17.5 Å². The van der Waals surface area contributed by atoms with Crippen LogP contribution in [-0.4, -0.2) is 30.4 Å². The van der Waals surface area contributed by atoms with Crippen molar-refractivity contribution in [2.75, 3.05) is 19.6 Å². The number of furan rings is 1. The van der Waals surface area contributed by atoms with Crippen LogP contribution in [0.2, 0.25) is 5.02 Å². The molecule has 0 aliphatic carbocycles. The quantitative estimate of drug-likeness (QED) is 0.839. The van der Waals surface area contributed by atoms with Crippen LogP contribution >= 0.6 is 11.6 Å². The van der Waals surface area contributed by atoms with Gasteiger partial charge in [0.15, 0.2) is 0 Å². The molecule has 2 aromatic rings. The van der Waals surface area contributed by atoms with Crippen molar-refractivity contribution < 1.29 is 9.21 Å². The molecular formula is C20H25ClN2O2. The summed E-state index contributed by atoms with van der Waals surface area (Å²) >= 11 is 5.89. The molecule has 1 aliphatic heterocycles. The lowest BCUT2D eigenvalue weighted by atomic mass is 10.1. The summed E-state index contributed by atoms with van der Waals surface area (Å²) in [5.41, 5.74) is 0.964. The number of nitrogens with zero attached hydrogens (tertiary/aromatic N) is 1. The molecule has 1 aliphatic rings. The highest BCUT2D eigenvalue weighted by atomic mass is 35.5. The maximum absolute atomic E-state index is 12.3. The molecule has 0 bridgehead atoms. The SMILES string of the molecule is O=C(Cc1ccc(Cl)cc1)NCC(c1ccco1)N1CCCCCC1. The Bertz CT molecular complexity index is 647. The summed E-state index contributed by atoms with van der Waals surface area (Å²) in [4.78, 5) is 14.8. The molecular weight excluding hydrogens is 336 g/mol. The van der Waals surface area contributed by atoms with E-state index in [0.29, 0.717) is 18.0 Å². The van der Waals surface area contributed by atoms with Crippen LogP contribution in [-0.2, 0) is 11.2 Å². The van der Waals surface area contributed by atoms with Crippen LogP contribution in [0.1, 0.15) is 43.0 Å². The number of carbonyl (C=O) groups is 1. The summed E-state index contributed by atoms with van der Waals surface area (Å²) in [7, 11) is 0. The monoisotopic (exact) mass is 360 g/mol. The lowest BCUT2D eigenvalue weighted by molar-refractivity contribution is -0.120. The Balaban J connectivity index is 1.60. The summed E-state index contributed by atoms with van der Waals surface area (Å²) in [6, 6.07) is 11.4. The molecule has 4 nitrogen and oxygen atoms in total. The second kappa shape index (κ2) is 9.07. The second-order valence-electron chi connectivity index (χ2n) is 6.59. The van der Waals surface area contributed by atoms with Crippen LogP contribution < -0.4 is 5.32 Å². The molecule has 5 heteroatoms. The Hall–Kier alpha value is -1.78. The van der Waals surface area contributed by atoms with Crippen LogP contribution in [0.4, 0.5) is 0 Å². The molecule has 1 atom stereocenters. The van der Waals surface area contributed by atoms with Crippen molar-refractivity contribution in [3.8, 4) is 0 Å². The van der Waals surface area contributed by atoms with Gasteiger partial charge >= 0.3 is 0 Å². The zero-order valence-corrected chi connectivity index (χ0v) is 15.2. The number of benzene rings is 1. The van der Waals surface area contributed by atoms with E-state index >= 15 is 0 Å². The van der Waals surface area contributed by atoms with E-state index < -0.39 is 0 Å². The number of rotatable bonds is 6. The maximum Gasteiger partial charge on any atom is 0.224 e. The van der Waals surface area contributed by atoms with E-state index in [-0.39, 0.29) is 11.9 Å². The summed E-state index contributed by atoms with van der Waals surface area (Å²) in [6.07, 6.45) is 7.04. The molecule has 0 saturated carbocycles. The second-order valence-corrected chi connectivity index (χ2v) is 7.03. The van der Waals surface area contributed by atoms with E-state index in [0.717, 1.165) is 24.4 Å². The molecule has 1 N–H and O–H groups in total. The number of amides is 1. The van der Waals surface area contributed by atoms with E-state index in [1.165, 1.54) is 25.7 Å². The smallest absolute Gasteiger partial charge is 0.224 e. The summed E-state index contributed by atoms with van der Waals surface area (Å²) in [5.74, 6) is 0.947. The van der Waals surface area contributed by atoms with Crippen LogP contribution in [0, 0.1) is 0 Å². The third kappa shape index (κ3) is 5.35. The normalized spacial score (nSPS) is 17.0. The van der Waals surface area contributed by atoms with Gasteiger partial charge in [-0.2, -0.15) is 0 Å². The highest BCUT2D eigenvalue weighted by Gasteiger charge is 2.24. The van der Waals surface area contributed by atoms with Crippen LogP contribution in [0.15, 0.2) is 47.1 Å². The average molecular weight is 361 g/mol. The topological polar surface area (TPSA) is 45.5 Å². The van der Waals surface area contributed by atoms with Crippen LogP contribution in [0.25, 0.3) is 0 Å². The first kappa shape index (κ1) is 18.0. The minimum Gasteiger partial charge on any atom is -0.468 e. The standard InChI is InChI=1S/C20H25ClN2O2/c21-17-9-7-16(8-10-17)14-20(24)22-15-18(19-6-5-13-25-19)23-11-3-1-2-4-12-23/h5-10,13,18H,1-4,11-12,14-15H2,(H,22,24). The molecule has 3 rings (SSSR count). The molecule has 1 aromatic heterocycles. The first-order chi connectivity index (χ1) is 12.2. The van der Waals surface area contributed by atoms with Gasteiger partial charge < -0.3 is 9.73 Å². The number of likely N-dealkylation sites (tertiary alicyclic amines) is 1. The fourth-order valence-electron chi connectivity index (χ4n) is 3.36. The predicted octanol–water partition coefficient (Wildman–Crippen LogP) is 4.21. The van der Waals surface area contributed by atoms with Gasteiger partial charge in [-0.15, -0.1) is 0 Å². The van der Waals surface area contributed by atoms with Gasteiger partial charge in [-0.3, -0.25) is 9.69 Å². The van der Waals surface area contributed by atoms with Gasteiger partial charge in [0.1, 0.15) is 5.76 Å². The lowest BCUT2D eigenvalue weighted by Gasteiger charge is -2.29. The minimum atomic E-state index is 0.0219. The average Bonchev–Trinajstić information content (AvgIpc) is 3.00. The Morgan fingerprint density at radius 2 is 1.84 bits per heavy atom. The van der Waals surface area contributed by atoms with E-state index in [2.05, 4.69) is 10.2 Å². The number of hydrogen-bond acceptors (Lipinski definition) is 3. The third-order valence-corrected chi connectivity index (χ3v) is 4.98. The van der Waals surface area contributed by atoms with Gasteiger partial charge in [0.25, 0.3) is 0 Å². The Morgan fingerprint density at radius 3 is 2.48 bits per heavy atom. The fraction of sp³-hybridized carbons (Fsp3) is 0.450. The highest BCUT2D eigenvalue weighted by Crippen LogP contribution is 2.24. The highest BCUT2D eigenvalue weighted by molar-refractivity contribution is 6.30. The van der Waals surface area contributed by atoms with E-state index in [1.54, 1.807) is 6.26 Å². The number of carbonyl (C=O) groups excluding carboxylic acids is 1. The molecule has 1 aromatic carbocycles. The Kier molecular flexibility index (Phi) is 6.54. The van der Waals surface area contributed by atoms with Crippen LogP contribution in [0.3, 0.4) is 0 Å². The van der Waals surface area contributed by atoms with Crippen molar-refractivity contribution in [2.45, 2.75) is 38.1 Å². The van der Waals surface area contributed by atoms with Crippen molar-refractivity contribution in [1.29, 1.82) is 0 Å². The minimum absolute atomic E-state index is 0.0219. The first-order valence-corrected chi connectivity index (χ1v) is 9.39. The summed E-state index contributed by atoms with van der Waals surface area (Å²) in [5, 5.41) is 3.76. The largest absolute Gasteiger partial charge is 0.468 e. The van der Waals surface area contributed by atoms with Gasteiger partial charge in [-0.1, -0.05) is 36.6 Å². The van der Waals surface area contributed by atoms with Gasteiger partial charge in [0.05, 0.1) is 18.7 Å².